The van der Waals surface area contributed by atoms with Crippen molar-refractivity contribution in [2.75, 3.05) is 21.3 Å². The summed E-state index contributed by atoms with van der Waals surface area (Å²) in [4.78, 5) is 16.8. The molecule has 0 atom stereocenters. The van der Waals surface area contributed by atoms with Crippen LogP contribution in [0.5, 0.6) is 17.2 Å². The second-order valence-electron chi connectivity index (χ2n) is 7.14. The molecule has 3 rings (SSSR count). The van der Waals surface area contributed by atoms with Gasteiger partial charge in [0.15, 0.2) is 17.3 Å². The maximum Gasteiger partial charge on any atom is 0.283 e. The zero-order valence-corrected chi connectivity index (χ0v) is 19.2. The summed E-state index contributed by atoms with van der Waals surface area (Å²) in [5.74, 6) is 0.941. The van der Waals surface area contributed by atoms with E-state index in [0.717, 1.165) is 24.3 Å². The van der Waals surface area contributed by atoms with E-state index in [1.807, 2.05) is 0 Å². The highest BCUT2D eigenvalue weighted by Crippen LogP contribution is 2.39. The Hall–Kier alpha value is -2.81. The molecule has 0 bridgehead atoms. The molecule has 1 amide bonds. The number of nitrogens with zero attached hydrogens (tertiary/aromatic N) is 3. The zero-order chi connectivity index (χ0) is 22.4. The minimum Gasteiger partial charge on any atom is -0.493 e. The first-order chi connectivity index (χ1) is 15.0. The molecule has 2 aliphatic heterocycles. The molecule has 0 aliphatic carbocycles. The maximum atomic E-state index is 12.6. The molecule has 0 fully saturated rings. The van der Waals surface area contributed by atoms with Crippen LogP contribution in [-0.4, -0.2) is 48.3 Å². The lowest BCUT2D eigenvalue weighted by molar-refractivity contribution is -0.114. The zero-order valence-electron chi connectivity index (χ0n) is 18.4. The van der Waals surface area contributed by atoms with E-state index >= 15 is 0 Å². The Morgan fingerprint density at radius 1 is 1.06 bits per heavy atom. The number of hydrogen-bond acceptors (Lipinski definition) is 7. The fourth-order valence-corrected chi connectivity index (χ4v) is 4.29. The molecule has 0 saturated carbocycles. The predicted molar refractivity (Wildman–Crippen MR) is 124 cm³/mol. The highest BCUT2D eigenvalue weighted by atomic mass is 32.2. The van der Waals surface area contributed by atoms with Gasteiger partial charge in [0.25, 0.3) is 5.91 Å². The van der Waals surface area contributed by atoms with Gasteiger partial charge in [0.2, 0.25) is 10.9 Å². The van der Waals surface area contributed by atoms with Crippen molar-refractivity contribution in [3.05, 3.63) is 23.3 Å². The van der Waals surface area contributed by atoms with E-state index in [1.165, 1.54) is 57.4 Å². The summed E-state index contributed by atoms with van der Waals surface area (Å²) in [7, 11) is 4.58. The third-order valence-corrected chi connectivity index (χ3v) is 5.96. The van der Waals surface area contributed by atoms with Crippen molar-refractivity contribution in [2.45, 2.75) is 45.4 Å². The van der Waals surface area contributed by atoms with E-state index in [-0.39, 0.29) is 11.4 Å². The number of aliphatic imine (C=N–C) groups is 1. The van der Waals surface area contributed by atoms with E-state index in [2.05, 4.69) is 17.0 Å². The monoisotopic (exact) mass is 444 g/mol. The summed E-state index contributed by atoms with van der Waals surface area (Å²) >= 11 is 1.37. The third kappa shape index (κ3) is 5.10. The van der Waals surface area contributed by atoms with Gasteiger partial charge < -0.3 is 14.2 Å². The van der Waals surface area contributed by atoms with E-state index in [0.29, 0.717) is 28.0 Å². The van der Waals surface area contributed by atoms with Crippen LogP contribution in [0.3, 0.4) is 0 Å². The van der Waals surface area contributed by atoms with Crippen LogP contribution >= 0.6 is 11.8 Å². The van der Waals surface area contributed by atoms with Gasteiger partial charge in [-0.1, -0.05) is 32.6 Å². The lowest BCUT2D eigenvalue weighted by atomic mass is 10.1. The molecular weight excluding hydrogens is 416 g/mol. The summed E-state index contributed by atoms with van der Waals surface area (Å²) in [6.07, 6.45) is 8.29. The van der Waals surface area contributed by atoms with E-state index < -0.39 is 5.91 Å². The largest absolute Gasteiger partial charge is 0.493 e. The fraction of sp³-hybridized carbons (Fsp3) is 0.455. The van der Waals surface area contributed by atoms with Crippen molar-refractivity contribution in [1.82, 2.24) is 5.01 Å². The van der Waals surface area contributed by atoms with Gasteiger partial charge in [-0.25, -0.2) is 0 Å². The summed E-state index contributed by atoms with van der Waals surface area (Å²) in [6.45, 7) is 2.19. The Labute approximate surface area is 186 Å². The van der Waals surface area contributed by atoms with Gasteiger partial charge >= 0.3 is 0 Å². The third-order valence-electron chi connectivity index (χ3n) is 4.99. The first-order valence-electron chi connectivity index (χ1n) is 10.3. The number of hydrazone groups is 1. The number of methoxy groups -OCH3 is 3. The van der Waals surface area contributed by atoms with Gasteiger partial charge in [-0.2, -0.15) is 15.1 Å². The minimum absolute atomic E-state index is 0.0113. The van der Waals surface area contributed by atoms with Crippen LogP contribution < -0.4 is 14.2 Å². The summed E-state index contributed by atoms with van der Waals surface area (Å²) in [5.41, 5.74) is 0.791. The van der Waals surface area contributed by atoms with Crippen LogP contribution in [0.2, 0.25) is 0 Å². The first kappa shape index (κ1) is 22.9. The average Bonchev–Trinajstić information content (AvgIpc) is 3.18. The van der Waals surface area contributed by atoms with Crippen LogP contribution in [0, 0.1) is 5.41 Å². The smallest absolute Gasteiger partial charge is 0.283 e. The second kappa shape index (κ2) is 10.5. The normalized spacial score (nSPS) is 16.9. The second-order valence-corrected chi connectivity index (χ2v) is 8.18. The molecule has 0 aromatic heterocycles. The van der Waals surface area contributed by atoms with Gasteiger partial charge in [-0.15, -0.1) is 0 Å². The Kier molecular flexibility index (Phi) is 7.73. The number of thioether (sulfide) groups is 1. The van der Waals surface area contributed by atoms with Gasteiger partial charge in [-0.3, -0.25) is 10.2 Å². The van der Waals surface area contributed by atoms with Crippen molar-refractivity contribution in [2.24, 2.45) is 10.1 Å². The molecule has 2 heterocycles. The molecule has 166 valence electrons. The minimum atomic E-state index is -0.461. The number of unbranched alkanes of at least 4 members (excludes halogenated alkanes) is 4. The van der Waals surface area contributed by atoms with Gasteiger partial charge in [0.05, 0.1) is 26.9 Å². The summed E-state index contributed by atoms with van der Waals surface area (Å²) < 4.78 is 16.1. The van der Waals surface area contributed by atoms with Crippen molar-refractivity contribution in [1.29, 1.82) is 5.41 Å². The number of fused-ring (bicyclic) bond motifs is 1. The molecule has 0 radical (unpaired) electrons. The van der Waals surface area contributed by atoms with Crippen LogP contribution in [0.15, 0.2) is 27.8 Å². The van der Waals surface area contributed by atoms with Crippen molar-refractivity contribution < 1.29 is 19.0 Å². The molecule has 31 heavy (non-hydrogen) atoms. The molecule has 9 heteroatoms. The van der Waals surface area contributed by atoms with Gasteiger partial charge in [-0.05, 0) is 48.4 Å². The number of rotatable bonds is 10. The molecule has 1 N–H and O–H groups in total. The van der Waals surface area contributed by atoms with Crippen molar-refractivity contribution in [3.63, 3.8) is 0 Å². The Morgan fingerprint density at radius 3 is 2.35 bits per heavy atom. The molecule has 0 spiro atoms. The lowest BCUT2D eigenvalue weighted by Crippen LogP contribution is -2.35. The van der Waals surface area contributed by atoms with E-state index in [1.54, 1.807) is 18.2 Å². The number of carbonyl (C=O) groups is 1. The van der Waals surface area contributed by atoms with Crippen molar-refractivity contribution in [3.8, 4) is 17.2 Å². The Balaban J connectivity index is 1.81. The number of carbonyl (C=O) groups excluding carboxylic acids is 1. The number of amidine groups is 2. The maximum absolute atomic E-state index is 12.6. The van der Waals surface area contributed by atoms with Gasteiger partial charge in [0, 0.05) is 0 Å². The number of ether oxygens (including phenoxy) is 3. The average molecular weight is 445 g/mol. The van der Waals surface area contributed by atoms with Crippen molar-refractivity contribution >= 4 is 39.8 Å². The van der Waals surface area contributed by atoms with E-state index in [9.17, 15) is 4.79 Å². The number of hydrogen-bond donors (Lipinski definition) is 1. The molecule has 1 aromatic rings. The first-order valence-corrected chi connectivity index (χ1v) is 11.1. The molecule has 0 saturated heterocycles. The number of amides is 1. The Bertz CT molecular complexity index is 930. The number of benzene rings is 1. The Morgan fingerprint density at radius 2 is 1.74 bits per heavy atom. The molecule has 1 aromatic carbocycles. The predicted octanol–water partition coefficient (Wildman–Crippen LogP) is 4.69. The SMILES string of the molecule is CCCCCCCC1=NN2C(=N)C(=Cc3cc(OC)c(OC)c(OC)c3)C(=O)N=C2S1. The highest BCUT2D eigenvalue weighted by molar-refractivity contribution is 8.26. The van der Waals surface area contributed by atoms with Crippen LogP contribution in [0.4, 0.5) is 0 Å². The highest BCUT2D eigenvalue weighted by Gasteiger charge is 2.35. The lowest BCUT2D eigenvalue weighted by Gasteiger charge is -2.20. The van der Waals surface area contributed by atoms with E-state index in [4.69, 9.17) is 19.6 Å². The fourth-order valence-electron chi connectivity index (χ4n) is 3.36. The van der Waals surface area contributed by atoms with Gasteiger partial charge in [0.1, 0.15) is 5.04 Å². The van der Waals surface area contributed by atoms with Crippen LogP contribution in [-0.2, 0) is 4.79 Å². The molecule has 8 nitrogen and oxygen atoms in total. The summed E-state index contributed by atoms with van der Waals surface area (Å²) in [5, 5.41) is 15.8. The number of nitrogens with one attached hydrogen (secondary N) is 1. The summed E-state index contributed by atoms with van der Waals surface area (Å²) in [6, 6.07) is 3.44. The molecular formula is C22H28N4O4S. The van der Waals surface area contributed by atoms with Crippen LogP contribution in [0.25, 0.3) is 6.08 Å². The quantitative estimate of drug-likeness (QED) is 0.415. The topological polar surface area (TPSA) is 96.6 Å². The standard InChI is InChI=1S/C22H28N4O4S/c1-5-6-7-8-9-10-18-25-26-20(23)15(21(27)24-22(26)31-18)11-14-12-16(28-2)19(30-4)17(13-14)29-3/h11-13,23H,5-10H2,1-4H3. The molecule has 0 unspecified atom stereocenters. The molecule has 2 aliphatic rings. The van der Waals surface area contributed by atoms with Crippen LogP contribution in [0.1, 0.15) is 51.0 Å².